The number of aryl methyl sites for hydroxylation is 1. The molecule has 0 saturated carbocycles. The third-order valence-corrected chi connectivity index (χ3v) is 1.91. The number of rotatable bonds is 4. The summed E-state index contributed by atoms with van der Waals surface area (Å²) in [6.45, 7) is 1.48. The van der Waals surface area contributed by atoms with Gasteiger partial charge in [-0.2, -0.15) is 0 Å². The second-order valence-corrected chi connectivity index (χ2v) is 3.06. The molecule has 5 nitrogen and oxygen atoms in total. The lowest BCUT2D eigenvalue weighted by molar-refractivity contribution is -0.135. The Kier molecular flexibility index (Phi) is 3.54. The number of hydrogen-bond donors (Lipinski definition) is 1. The summed E-state index contributed by atoms with van der Waals surface area (Å²) in [5.41, 5.74) is 0.289. The standard InChI is InChI=1S/C9H12FN3O2/c1-3-6-8(10)9(12-5-11-6)13(2)4-7(14)15/h5H,3-4H2,1-2H3,(H,14,15). The number of carboxylic acids is 1. The van der Waals surface area contributed by atoms with Crippen LogP contribution in [0.5, 0.6) is 0 Å². The minimum Gasteiger partial charge on any atom is -0.480 e. The molecule has 0 unspecified atom stereocenters. The summed E-state index contributed by atoms with van der Waals surface area (Å²) in [5, 5.41) is 8.56. The SMILES string of the molecule is CCc1ncnc(N(C)CC(=O)O)c1F. The Morgan fingerprint density at radius 1 is 1.60 bits per heavy atom. The predicted molar refractivity (Wildman–Crippen MR) is 52.3 cm³/mol. The Hall–Kier alpha value is -1.72. The predicted octanol–water partition coefficient (Wildman–Crippen LogP) is 0.699. The third-order valence-electron chi connectivity index (χ3n) is 1.91. The summed E-state index contributed by atoms with van der Waals surface area (Å²) in [5.74, 6) is -1.57. The first-order valence-corrected chi connectivity index (χ1v) is 4.48. The Balaban J connectivity index is 2.98. The molecule has 0 spiro atoms. The highest BCUT2D eigenvalue weighted by Gasteiger charge is 2.15. The number of halogens is 1. The van der Waals surface area contributed by atoms with E-state index in [4.69, 9.17) is 5.11 Å². The molecule has 82 valence electrons. The average molecular weight is 213 g/mol. The third kappa shape index (κ3) is 2.61. The maximum atomic E-state index is 13.6. The van der Waals surface area contributed by atoms with Gasteiger partial charge in [0, 0.05) is 7.05 Å². The molecule has 0 aliphatic heterocycles. The molecule has 1 aromatic heterocycles. The van der Waals surface area contributed by atoms with E-state index >= 15 is 0 Å². The Morgan fingerprint density at radius 3 is 2.80 bits per heavy atom. The van der Waals surface area contributed by atoms with E-state index < -0.39 is 11.8 Å². The summed E-state index contributed by atoms with van der Waals surface area (Å²) in [6, 6.07) is 0. The maximum Gasteiger partial charge on any atom is 0.323 e. The topological polar surface area (TPSA) is 66.3 Å². The van der Waals surface area contributed by atoms with Crippen molar-refractivity contribution < 1.29 is 14.3 Å². The van der Waals surface area contributed by atoms with Gasteiger partial charge < -0.3 is 10.0 Å². The van der Waals surface area contributed by atoms with Gasteiger partial charge in [-0.1, -0.05) is 6.92 Å². The second kappa shape index (κ2) is 4.68. The van der Waals surface area contributed by atoms with Crippen LogP contribution in [0.4, 0.5) is 10.2 Å². The van der Waals surface area contributed by atoms with Gasteiger partial charge in [-0.3, -0.25) is 4.79 Å². The molecule has 1 N–H and O–H groups in total. The van der Waals surface area contributed by atoms with Crippen molar-refractivity contribution in [3.8, 4) is 0 Å². The van der Waals surface area contributed by atoms with Gasteiger partial charge in [0.15, 0.2) is 11.6 Å². The number of carbonyl (C=O) groups is 1. The number of aliphatic carboxylic acids is 1. The fourth-order valence-electron chi connectivity index (χ4n) is 1.19. The van der Waals surface area contributed by atoms with Crippen LogP contribution < -0.4 is 4.90 Å². The molecular formula is C9H12FN3O2. The number of aromatic nitrogens is 2. The van der Waals surface area contributed by atoms with Gasteiger partial charge >= 0.3 is 5.97 Å². The summed E-state index contributed by atoms with van der Waals surface area (Å²) in [6.07, 6.45) is 1.68. The van der Waals surface area contributed by atoms with Crippen molar-refractivity contribution in [2.75, 3.05) is 18.5 Å². The van der Waals surface area contributed by atoms with Crippen molar-refractivity contribution in [3.63, 3.8) is 0 Å². The van der Waals surface area contributed by atoms with Crippen LogP contribution in [-0.4, -0.2) is 34.6 Å². The molecule has 0 saturated heterocycles. The zero-order chi connectivity index (χ0) is 11.4. The Bertz CT molecular complexity index is 370. The number of hydrogen-bond acceptors (Lipinski definition) is 4. The molecule has 15 heavy (non-hydrogen) atoms. The minimum atomic E-state index is -1.03. The smallest absolute Gasteiger partial charge is 0.323 e. The highest BCUT2D eigenvalue weighted by Crippen LogP contribution is 2.16. The van der Waals surface area contributed by atoms with Crippen LogP contribution in [-0.2, 0) is 11.2 Å². The molecule has 0 aliphatic rings. The Morgan fingerprint density at radius 2 is 2.27 bits per heavy atom. The minimum absolute atomic E-state index is 0.0178. The maximum absolute atomic E-state index is 13.6. The molecule has 0 aliphatic carbocycles. The number of nitrogens with zero attached hydrogens (tertiary/aromatic N) is 3. The van der Waals surface area contributed by atoms with Gasteiger partial charge in [-0.05, 0) is 6.42 Å². The lowest BCUT2D eigenvalue weighted by atomic mass is 10.3. The summed E-state index contributed by atoms with van der Waals surface area (Å²) in [7, 11) is 1.47. The number of carboxylic acid groups (broad SMARTS) is 1. The van der Waals surface area contributed by atoms with E-state index in [2.05, 4.69) is 9.97 Å². The van der Waals surface area contributed by atoms with E-state index in [0.29, 0.717) is 6.42 Å². The fourth-order valence-corrected chi connectivity index (χ4v) is 1.19. The van der Waals surface area contributed by atoms with Crippen molar-refractivity contribution in [1.82, 2.24) is 9.97 Å². The lowest BCUT2D eigenvalue weighted by Gasteiger charge is -2.16. The molecule has 1 rings (SSSR count). The largest absolute Gasteiger partial charge is 0.480 e. The first-order valence-electron chi connectivity index (χ1n) is 4.48. The highest BCUT2D eigenvalue weighted by molar-refractivity contribution is 5.73. The van der Waals surface area contributed by atoms with Gasteiger partial charge in [0.25, 0.3) is 0 Å². The van der Waals surface area contributed by atoms with Gasteiger partial charge in [-0.25, -0.2) is 14.4 Å². The van der Waals surface area contributed by atoms with Crippen LogP contribution in [0.2, 0.25) is 0 Å². The van der Waals surface area contributed by atoms with Crippen LogP contribution >= 0.6 is 0 Å². The van der Waals surface area contributed by atoms with Crippen LogP contribution in [0.3, 0.4) is 0 Å². The summed E-state index contributed by atoms with van der Waals surface area (Å²) >= 11 is 0. The first kappa shape index (κ1) is 11.4. The quantitative estimate of drug-likeness (QED) is 0.797. The van der Waals surface area contributed by atoms with Crippen molar-refractivity contribution >= 4 is 11.8 Å². The van der Waals surface area contributed by atoms with E-state index in [9.17, 15) is 9.18 Å². The highest BCUT2D eigenvalue weighted by atomic mass is 19.1. The van der Waals surface area contributed by atoms with Gasteiger partial charge in [0.1, 0.15) is 12.9 Å². The zero-order valence-corrected chi connectivity index (χ0v) is 8.57. The zero-order valence-electron chi connectivity index (χ0n) is 8.57. The van der Waals surface area contributed by atoms with Crippen molar-refractivity contribution in [2.24, 2.45) is 0 Å². The van der Waals surface area contributed by atoms with Crippen molar-refractivity contribution in [2.45, 2.75) is 13.3 Å². The molecule has 0 bridgehead atoms. The van der Waals surface area contributed by atoms with Crippen LogP contribution in [0.1, 0.15) is 12.6 Å². The molecule has 1 aromatic rings. The molecule has 6 heteroatoms. The second-order valence-electron chi connectivity index (χ2n) is 3.06. The molecular weight excluding hydrogens is 201 g/mol. The average Bonchev–Trinajstić information content (AvgIpc) is 2.17. The monoisotopic (exact) mass is 213 g/mol. The van der Waals surface area contributed by atoms with Gasteiger partial charge in [0.05, 0.1) is 5.69 Å². The fraction of sp³-hybridized carbons (Fsp3) is 0.444. The van der Waals surface area contributed by atoms with Crippen LogP contribution in [0, 0.1) is 5.82 Å². The van der Waals surface area contributed by atoms with E-state index in [1.165, 1.54) is 18.3 Å². The van der Waals surface area contributed by atoms with Crippen molar-refractivity contribution in [3.05, 3.63) is 17.8 Å². The molecule has 0 amide bonds. The summed E-state index contributed by atoms with van der Waals surface area (Å²) < 4.78 is 13.6. The van der Waals surface area contributed by atoms with E-state index in [1.54, 1.807) is 6.92 Å². The number of likely N-dealkylation sites (N-methyl/N-ethyl adjacent to an activating group) is 1. The molecule has 1 heterocycles. The van der Waals surface area contributed by atoms with Crippen LogP contribution in [0.25, 0.3) is 0 Å². The van der Waals surface area contributed by atoms with Gasteiger partial charge in [0.2, 0.25) is 0 Å². The van der Waals surface area contributed by atoms with E-state index in [-0.39, 0.29) is 18.1 Å². The summed E-state index contributed by atoms with van der Waals surface area (Å²) in [4.78, 5) is 19.2. The molecule has 0 fully saturated rings. The first-order chi connectivity index (χ1) is 7.06. The molecule has 0 radical (unpaired) electrons. The normalized spacial score (nSPS) is 10.1. The molecule has 0 aromatic carbocycles. The molecule has 0 atom stereocenters. The van der Waals surface area contributed by atoms with Crippen molar-refractivity contribution in [1.29, 1.82) is 0 Å². The number of anilines is 1. The Labute approximate surface area is 86.6 Å². The van der Waals surface area contributed by atoms with E-state index in [0.717, 1.165) is 0 Å². The lowest BCUT2D eigenvalue weighted by Crippen LogP contribution is -2.27. The van der Waals surface area contributed by atoms with Gasteiger partial charge in [-0.15, -0.1) is 0 Å². The van der Waals surface area contributed by atoms with E-state index in [1.807, 2.05) is 0 Å². The van der Waals surface area contributed by atoms with Crippen LogP contribution in [0.15, 0.2) is 6.33 Å².